The van der Waals surface area contributed by atoms with E-state index in [1.807, 2.05) is 34.6 Å². The number of carbonyl (C=O) groups excluding carboxylic acids is 1. The van der Waals surface area contributed by atoms with Crippen LogP contribution in [0.2, 0.25) is 0 Å². The van der Waals surface area contributed by atoms with E-state index in [0.717, 1.165) is 0 Å². The van der Waals surface area contributed by atoms with Crippen LogP contribution in [0.4, 0.5) is 4.79 Å². The van der Waals surface area contributed by atoms with Crippen LogP contribution in [-0.4, -0.2) is 29.8 Å². The average molecular weight is 216 g/mol. The number of aliphatic hydroxyl groups is 1. The van der Waals surface area contributed by atoms with Crippen LogP contribution in [0.3, 0.4) is 0 Å². The number of hydrogen-bond donors (Lipinski definition) is 3. The Morgan fingerprint density at radius 3 is 2.07 bits per heavy atom. The van der Waals surface area contributed by atoms with Crippen LogP contribution in [0, 0.1) is 11.8 Å². The van der Waals surface area contributed by atoms with Gasteiger partial charge in [-0.1, -0.05) is 27.7 Å². The molecule has 4 heteroatoms. The van der Waals surface area contributed by atoms with Gasteiger partial charge in [0.25, 0.3) is 0 Å². The molecule has 3 N–H and O–H groups in total. The van der Waals surface area contributed by atoms with E-state index in [4.69, 9.17) is 0 Å². The minimum atomic E-state index is -0.481. The fraction of sp³-hybridized carbons (Fsp3) is 0.909. The van der Waals surface area contributed by atoms with Gasteiger partial charge in [-0.2, -0.15) is 0 Å². The Balaban J connectivity index is 3.76. The third kappa shape index (κ3) is 6.33. The fourth-order valence-corrected chi connectivity index (χ4v) is 0.857. The number of hydrogen-bond acceptors (Lipinski definition) is 2. The molecular formula is C11H24N2O2. The quantitative estimate of drug-likeness (QED) is 0.649. The highest BCUT2D eigenvalue weighted by Crippen LogP contribution is 2.00. The fourth-order valence-electron chi connectivity index (χ4n) is 0.857. The van der Waals surface area contributed by atoms with Gasteiger partial charge in [-0.15, -0.1) is 0 Å². The second-order valence-corrected chi connectivity index (χ2v) is 4.70. The summed E-state index contributed by atoms with van der Waals surface area (Å²) in [5.41, 5.74) is 0. The highest BCUT2D eigenvalue weighted by atomic mass is 16.3. The van der Waals surface area contributed by atoms with Gasteiger partial charge in [0.2, 0.25) is 0 Å². The van der Waals surface area contributed by atoms with E-state index in [-0.39, 0.29) is 18.0 Å². The minimum absolute atomic E-state index is 0.140. The summed E-state index contributed by atoms with van der Waals surface area (Å²) in [4.78, 5) is 11.4. The Labute approximate surface area is 92.4 Å². The molecule has 0 fully saturated rings. The zero-order valence-electron chi connectivity index (χ0n) is 10.4. The molecule has 0 aromatic heterocycles. The van der Waals surface area contributed by atoms with E-state index in [1.54, 1.807) is 0 Å². The molecule has 0 saturated carbocycles. The maximum atomic E-state index is 11.4. The summed E-state index contributed by atoms with van der Waals surface area (Å²) in [6.07, 6.45) is -0.481. The minimum Gasteiger partial charge on any atom is -0.391 e. The number of aliphatic hydroxyl groups excluding tert-OH is 1. The second kappa shape index (κ2) is 6.67. The smallest absolute Gasteiger partial charge is 0.315 e. The average Bonchev–Trinajstić information content (AvgIpc) is 2.13. The highest BCUT2D eigenvalue weighted by Gasteiger charge is 2.13. The first-order chi connectivity index (χ1) is 6.84. The molecule has 0 bridgehead atoms. The number of nitrogens with one attached hydrogen (secondary N) is 2. The van der Waals surface area contributed by atoms with Crippen molar-refractivity contribution in [2.75, 3.05) is 6.54 Å². The van der Waals surface area contributed by atoms with Gasteiger partial charge in [0, 0.05) is 12.6 Å². The number of amides is 2. The molecule has 0 heterocycles. The Morgan fingerprint density at radius 1 is 1.13 bits per heavy atom. The van der Waals surface area contributed by atoms with E-state index in [2.05, 4.69) is 10.6 Å². The lowest BCUT2D eigenvalue weighted by atomic mass is 10.1. The summed E-state index contributed by atoms with van der Waals surface area (Å²) in [5, 5.41) is 14.9. The number of urea groups is 1. The number of rotatable bonds is 5. The molecule has 0 aromatic rings. The highest BCUT2D eigenvalue weighted by molar-refractivity contribution is 5.74. The molecule has 0 aliphatic rings. The first kappa shape index (κ1) is 14.2. The SMILES string of the molecule is CC(C)C(O)CNC(=O)NC(C)C(C)C. The standard InChI is InChI=1S/C11H24N2O2/c1-7(2)9(5)13-11(15)12-6-10(14)8(3)4/h7-10,14H,6H2,1-5H3,(H2,12,13,15). The normalized spacial score (nSPS) is 15.2. The molecule has 0 aliphatic heterocycles. The Bertz CT molecular complexity index is 193. The van der Waals surface area contributed by atoms with Crippen molar-refractivity contribution in [2.24, 2.45) is 11.8 Å². The van der Waals surface area contributed by atoms with Gasteiger partial charge in [-0.05, 0) is 18.8 Å². The lowest BCUT2D eigenvalue weighted by Gasteiger charge is -2.19. The van der Waals surface area contributed by atoms with Gasteiger partial charge in [0.15, 0.2) is 0 Å². The van der Waals surface area contributed by atoms with Crippen molar-refractivity contribution in [2.45, 2.75) is 46.8 Å². The third-order valence-corrected chi connectivity index (χ3v) is 2.60. The molecule has 0 spiro atoms. The van der Waals surface area contributed by atoms with Gasteiger partial charge < -0.3 is 15.7 Å². The predicted molar refractivity (Wildman–Crippen MR) is 61.7 cm³/mol. The van der Waals surface area contributed by atoms with Gasteiger partial charge in [0.1, 0.15) is 0 Å². The molecular weight excluding hydrogens is 192 g/mol. The van der Waals surface area contributed by atoms with Crippen molar-refractivity contribution in [1.82, 2.24) is 10.6 Å². The zero-order chi connectivity index (χ0) is 12.0. The van der Waals surface area contributed by atoms with Gasteiger partial charge >= 0.3 is 6.03 Å². The van der Waals surface area contributed by atoms with Gasteiger partial charge in [-0.3, -0.25) is 0 Å². The first-order valence-corrected chi connectivity index (χ1v) is 5.57. The van der Waals surface area contributed by atoms with Crippen LogP contribution < -0.4 is 10.6 Å². The second-order valence-electron chi connectivity index (χ2n) is 4.70. The molecule has 0 aromatic carbocycles. The molecule has 2 atom stereocenters. The van der Waals surface area contributed by atoms with Crippen LogP contribution in [0.15, 0.2) is 0 Å². The maximum absolute atomic E-state index is 11.4. The Hall–Kier alpha value is -0.770. The topological polar surface area (TPSA) is 61.4 Å². The van der Waals surface area contributed by atoms with Crippen LogP contribution in [-0.2, 0) is 0 Å². The lowest BCUT2D eigenvalue weighted by molar-refractivity contribution is 0.124. The van der Waals surface area contributed by atoms with Crippen molar-refractivity contribution in [1.29, 1.82) is 0 Å². The van der Waals surface area contributed by atoms with Crippen molar-refractivity contribution >= 4 is 6.03 Å². The van der Waals surface area contributed by atoms with E-state index >= 15 is 0 Å². The summed E-state index contributed by atoms with van der Waals surface area (Å²) in [6.45, 7) is 10.2. The molecule has 0 radical (unpaired) electrons. The predicted octanol–water partition coefficient (Wildman–Crippen LogP) is 1.35. The van der Waals surface area contributed by atoms with E-state index in [0.29, 0.717) is 12.5 Å². The van der Waals surface area contributed by atoms with Crippen molar-refractivity contribution in [3.8, 4) is 0 Å². The Morgan fingerprint density at radius 2 is 1.67 bits per heavy atom. The monoisotopic (exact) mass is 216 g/mol. The van der Waals surface area contributed by atoms with Gasteiger partial charge in [0.05, 0.1) is 6.10 Å². The van der Waals surface area contributed by atoms with Crippen LogP contribution in [0.5, 0.6) is 0 Å². The molecule has 90 valence electrons. The molecule has 0 rings (SSSR count). The molecule has 2 unspecified atom stereocenters. The Kier molecular flexibility index (Phi) is 6.32. The summed E-state index contributed by atoms with van der Waals surface area (Å²) in [5.74, 6) is 0.568. The lowest BCUT2D eigenvalue weighted by Crippen LogP contribution is -2.45. The van der Waals surface area contributed by atoms with E-state index in [1.165, 1.54) is 0 Å². The van der Waals surface area contributed by atoms with Crippen molar-refractivity contribution in [3.63, 3.8) is 0 Å². The van der Waals surface area contributed by atoms with E-state index in [9.17, 15) is 9.90 Å². The zero-order valence-corrected chi connectivity index (χ0v) is 10.4. The summed E-state index contributed by atoms with van der Waals surface area (Å²) < 4.78 is 0. The van der Waals surface area contributed by atoms with Crippen LogP contribution in [0.25, 0.3) is 0 Å². The number of carbonyl (C=O) groups is 1. The molecule has 4 nitrogen and oxygen atoms in total. The van der Waals surface area contributed by atoms with Crippen molar-refractivity contribution in [3.05, 3.63) is 0 Å². The third-order valence-electron chi connectivity index (χ3n) is 2.60. The van der Waals surface area contributed by atoms with E-state index < -0.39 is 6.10 Å². The summed E-state index contributed by atoms with van der Waals surface area (Å²) in [6, 6.07) is -0.0721. The molecule has 2 amide bonds. The maximum Gasteiger partial charge on any atom is 0.315 e. The molecule has 0 aliphatic carbocycles. The van der Waals surface area contributed by atoms with Gasteiger partial charge in [-0.25, -0.2) is 4.79 Å². The first-order valence-electron chi connectivity index (χ1n) is 5.57. The van der Waals surface area contributed by atoms with Crippen LogP contribution >= 0.6 is 0 Å². The molecule has 15 heavy (non-hydrogen) atoms. The largest absolute Gasteiger partial charge is 0.391 e. The summed E-state index contributed by atoms with van der Waals surface area (Å²) in [7, 11) is 0. The van der Waals surface area contributed by atoms with Crippen LogP contribution in [0.1, 0.15) is 34.6 Å². The molecule has 0 saturated heterocycles. The summed E-state index contributed by atoms with van der Waals surface area (Å²) >= 11 is 0. The van der Waals surface area contributed by atoms with Crippen molar-refractivity contribution < 1.29 is 9.90 Å².